The molecule has 4 rings (SSSR count). The van der Waals surface area contributed by atoms with Crippen molar-refractivity contribution in [1.82, 2.24) is 0 Å². The molecule has 3 saturated carbocycles. The Kier molecular flexibility index (Phi) is 6.48. The van der Waals surface area contributed by atoms with Gasteiger partial charge in [-0.2, -0.15) is 0 Å². The van der Waals surface area contributed by atoms with Crippen LogP contribution in [-0.4, -0.2) is 28.6 Å². The first-order chi connectivity index (χ1) is 15.4. The van der Waals surface area contributed by atoms with Gasteiger partial charge in [0.1, 0.15) is 11.7 Å². The maximum atomic E-state index is 12.2. The first-order valence-corrected chi connectivity index (χ1v) is 13.2. The SMILES string of the molecule is CC(=O)OC1CCC2(C)C(=CCC3C2CCC2(C)C(C(C)C=CC(=O)C(C)(C)O)CCC32)C1. The zero-order chi connectivity index (χ0) is 24.2. The molecular formula is C29H44O4. The normalized spacial score (nSPS) is 41.5. The van der Waals surface area contributed by atoms with Crippen LogP contribution in [0.25, 0.3) is 0 Å². The predicted octanol–water partition coefficient (Wildman–Crippen LogP) is 6.03. The molecule has 4 aliphatic carbocycles. The second-order valence-corrected chi connectivity index (χ2v) is 12.6. The molecule has 33 heavy (non-hydrogen) atoms. The molecule has 4 aliphatic rings. The molecule has 0 amide bonds. The van der Waals surface area contributed by atoms with Crippen molar-refractivity contribution in [1.29, 1.82) is 0 Å². The van der Waals surface area contributed by atoms with E-state index in [1.807, 2.05) is 0 Å². The number of hydrogen-bond donors (Lipinski definition) is 1. The van der Waals surface area contributed by atoms with E-state index >= 15 is 0 Å². The average molecular weight is 457 g/mol. The number of fused-ring (bicyclic) bond motifs is 5. The fraction of sp³-hybridized carbons (Fsp3) is 0.793. The molecular weight excluding hydrogens is 412 g/mol. The number of ether oxygens (including phenoxy) is 1. The fourth-order valence-corrected chi connectivity index (χ4v) is 8.44. The summed E-state index contributed by atoms with van der Waals surface area (Å²) in [5.41, 5.74) is 0.816. The molecule has 8 atom stereocenters. The van der Waals surface area contributed by atoms with Gasteiger partial charge < -0.3 is 9.84 Å². The highest BCUT2D eigenvalue weighted by Crippen LogP contribution is 2.67. The third-order valence-electron chi connectivity index (χ3n) is 10.3. The second-order valence-electron chi connectivity index (χ2n) is 12.6. The van der Waals surface area contributed by atoms with Crippen LogP contribution >= 0.6 is 0 Å². The Bertz CT molecular complexity index is 848. The Hall–Kier alpha value is -1.42. The number of carbonyl (C=O) groups is 2. The highest BCUT2D eigenvalue weighted by molar-refractivity contribution is 5.96. The van der Waals surface area contributed by atoms with Crippen LogP contribution in [0.3, 0.4) is 0 Å². The van der Waals surface area contributed by atoms with Crippen LogP contribution in [0.15, 0.2) is 23.8 Å². The van der Waals surface area contributed by atoms with Gasteiger partial charge in [-0.1, -0.05) is 38.5 Å². The lowest BCUT2D eigenvalue weighted by atomic mass is 9.47. The number of aliphatic hydroxyl groups is 1. The van der Waals surface area contributed by atoms with Gasteiger partial charge in [-0.3, -0.25) is 9.59 Å². The van der Waals surface area contributed by atoms with Crippen LogP contribution in [0.1, 0.15) is 92.9 Å². The largest absolute Gasteiger partial charge is 0.462 e. The molecule has 1 N–H and O–H groups in total. The summed E-state index contributed by atoms with van der Waals surface area (Å²) in [7, 11) is 0. The zero-order valence-corrected chi connectivity index (χ0v) is 21.5. The van der Waals surface area contributed by atoms with Gasteiger partial charge in [-0.05, 0) is 105 Å². The van der Waals surface area contributed by atoms with E-state index in [4.69, 9.17) is 4.74 Å². The summed E-state index contributed by atoms with van der Waals surface area (Å²) in [6.45, 7) is 11.9. The van der Waals surface area contributed by atoms with Gasteiger partial charge in [0, 0.05) is 13.3 Å². The predicted molar refractivity (Wildman–Crippen MR) is 130 cm³/mol. The van der Waals surface area contributed by atoms with Gasteiger partial charge in [-0.25, -0.2) is 0 Å². The van der Waals surface area contributed by atoms with Gasteiger partial charge in [0.05, 0.1) is 0 Å². The molecule has 0 aromatic carbocycles. The maximum absolute atomic E-state index is 12.2. The molecule has 3 fully saturated rings. The van der Waals surface area contributed by atoms with E-state index in [0.29, 0.717) is 17.3 Å². The first-order valence-electron chi connectivity index (χ1n) is 13.2. The highest BCUT2D eigenvalue weighted by Gasteiger charge is 2.59. The number of ketones is 1. The Labute approximate surface area is 200 Å². The van der Waals surface area contributed by atoms with Gasteiger partial charge in [0.15, 0.2) is 5.78 Å². The third-order valence-corrected chi connectivity index (χ3v) is 10.3. The number of allylic oxidation sites excluding steroid dienone is 2. The standard InChI is InChI=1S/C29H44O4/c1-18(7-12-26(31)27(3,4)32)23-10-11-24-22-9-8-20-17-21(33-19(2)30)13-15-28(20,5)25(22)14-16-29(23,24)6/h7-8,12,18,21-25,32H,9-11,13-17H2,1-6H3. The Morgan fingerprint density at radius 2 is 1.88 bits per heavy atom. The van der Waals surface area contributed by atoms with E-state index in [-0.39, 0.29) is 23.3 Å². The monoisotopic (exact) mass is 456 g/mol. The van der Waals surface area contributed by atoms with Gasteiger partial charge in [0.2, 0.25) is 0 Å². The molecule has 0 heterocycles. The Balaban J connectivity index is 1.50. The number of rotatable bonds is 5. The molecule has 0 bridgehead atoms. The van der Waals surface area contributed by atoms with Gasteiger partial charge >= 0.3 is 5.97 Å². The lowest BCUT2D eigenvalue weighted by Gasteiger charge is -2.58. The van der Waals surface area contributed by atoms with Crippen LogP contribution in [0, 0.1) is 40.4 Å². The van der Waals surface area contributed by atoms with E-state index in [1.165, 1.54) is 32.6 Å². The van der Waals surface area contributed by atoms with Gasteiger partial charge in [0.25, 0.3) is 0 Å². The molecule has 0 aliphatic heterocycles. The van der Waals surface area contributed by atoms with Crippen molar-refractivity contribution < 1.29 is 19.4 Å². The smallest absolute Gasteiger partial charge is 0.302 e. The molecule has 0 saturated heterocycles. The maximum Gasteiger partial charge on any atom is 0.302 e. The zero-order valence-electron chi connectivity index (χ0n) is 21.5. The van der Waals surface area contributed by atoms with Crippen LogP contribution in [0.5, 0.6) is 0 Å². The molecule has 8 unspecified atom stereocenters. The van der Waals surface area contributed by atoms with E-state index in [0.717, 1.165) is 43.4 Å². The van der Waals surface area contributed by atoms with Crippen LogP contribution in [-0.2, 0) is 14.3 Å². The summed E-state index contributed by atoms with van der Waals surface area (Å²) in [6, 6.07) is 0. The second kappa shape index (κ2) is 8.66. The Morgan fingerprint density at radius 1 is 1.15 bits per heavy atom. The first kappa shape index (κ1) is 24.7. The molecule has 0 spiro atoms. The molecule has 0 aromatic rings. The summed E-state index contributed by atoms with van der Waals surface area (Å²) in [5.74, 6) is 2.77. The average Bonchev–Trinajstić information content (AvgIpc) is 3.08. The summed E-state index contributed by atoms with van der Waals surface area (Å²) in [4.78, 5) is 23.7. The molecule has 0 aromatic heterocycles. The van der Waals surface area contributed by atoms with Crippen LogP contribution < -0.4 is 0 Å². The summed E-state index contributed by atoms with van der Waals surface area (Å²) in [6.07, 6.45) is 15.5. The van der Waals surface area contributed by atoms with Crippen molar-refractivity contribution in [3.63, 3.8) is 0 Å². The quantitative estimate of drug-likeness (QED) is 0.312. The Morgan fingerprint density at radius 3 is 2.55 bits per heavy atom. The molecule has 184 valence electrons. The lowest BCUT2D eigenvalue weighted by Crippen LogP contribution is -2.51. The van der Waals surface area contributed by atoms with Crippen molar-refractivity contribution in [3.05, 3.63) is 23.8 Å². The van der Waals surface area contributed by atoms with E-state index in [2.05, 4.69) is 32.9 Å². The summed E-state index contributed by atoms with van der Waals surface area (Å²) < 4.78 is 5.58. The van der Waals surface area contributed by atoms with Crippen molar-refractivity contribution in [2.75, 3.05) is 0 Å². The van der Waals surface area contributed by atoms with Gasteiger partial charge in [-0.15, -0.1) is 0 Å². The van der Waals surface area contributed by atoms with E-state index in [1.54, 1.807) is 25.5 Å². The minimum absolute atomic E-state index is 0.0577. The fourth-order valence-electron chi connectivity index (χ4n) is 8.44. The number of carbonyl (C=O) groups excluding carboxylic acids is 2. The van der Waals surface area contributed by atoms with E-state index in [9.17, 15) is 14.7 Å². The van der Waals surface area contributed by atoms with Crippen LogP contribution in [0.4, 0.5) is 0 Å². The highest BCUT2D eigenvalue weighted by atomic mass is 16.5. The van der Waals surface area contributed by atoms with E-state index < -0.39 is 5.60 Å². The lowest BCUT2D eigenvalue weighted by molar-refractivity contribution is -0.148. The molecule has 0 radical (unpaired) electrons. The minimum atomic E-state index is -1.30. The van der Waals surface area contributed by atoms with Crippen molar-refractivity contribution in [2.45, 2.75) is 105 Å². The molecule has 4 nitrogen and oxygen atoms in total. The number of esters is 1. The summed E-state index contributed by atoms with van der Waals surface area (Å²) in [5, 5.41) is 9.98. The topological polar surface area (TPSA) is 63.6 Å². The molecule has 4 heteroatoms. The minimum Gasteiger partial charge on any atom is -0.462 e. The van der Waals surface area contributed by atoms with Crippen molar-refractivity contribution in [2.24, 2.45) is 40.4 Å². The number of hydrogen-bond acceptors (Lipinski definition) is 4. The third kappa shape index (κ3) is 4.37. The van der Waals surface area contributed by atoms with Crippen molar-refractivity contribution >= 4 is 11.8 Å². The van der Waals surface area contributed by atoms with Crippen LogP contribution in [0.2, 0.25) is 0 Å². The van der Waals surface area contributed by atoms with Crippen molar-refractivity contribution in [3.8, 4) is 0 Å². The summed E-state index contributed by atoms with van der Waals surface area (Å²) >= 11 is 0.